The number of anilines is 1. The first kappa shape index (κ1) is 16.8. The van der Waals surface area contributed by atoms with E-state index in [0.29, 0.717) is 12.4 Å². The molecule has 5 heteroatoms. The van der Waals surface area contributed by atoms with Crippen LogP contribution in [0.4, 0.5) is 5.82 Å². The molecule has 1 heterocycles. The van der Waals surface area contributed by atoms with Gasteiger partial charge in [-0.05, 0) is 38.1 Å². The van der Waals surface area contributed by atoms with Crippen LogP contribution in [0.3, 0.4) is 0 Å². The molecule has 128 valence electrons. The third kappa shape index (κ3) is 4.47. The number of carbonyl (C=O) groups is 1. The minimum absolute atomic E-state index is 0.107. The predicted molar refractivity (Wildman–Crippen MR) is 98.2 cm³/mol. The molecule has 25 heavy (non-hydrogen) atoms. The summed E-state index contributed by atoms with van der Waals surface area (Å²) in [6.45, 7) is 4.25. The van der Waals surface area contributed by atoms with Gasteiger partial charge in [0, 0.05) is 6.07 Å². The maximum atomic E-state index is 12.2. The van der Waals surface area contributed by atoms with Gasteiger partial charge in [0.25, 0.3) is 0 Å². The van der Waals surface area contributed by atoms with E-state index >= 15 is 0 Å². The van der Waals surface area contributed by atoms with Crippen molar-refractivity contribution in [2.75, 3.05) is 11.9 Å². The third-order valence-electron chi connectivity index (χ3n) is 3.72. The Hall–Kier alpha value is -3.08. The van der Waals surface area contributed by atoms with E-state index in [1.54, 1.807) is 4.68 Å². The quantitative estimate of drug-likeness (QED) is 0.743. The standard InChI is InChI=1S/C20H21N3O2/c1-15-8-10-18(11-9-15)25-13-12-20(24)21-19-14-16(2)22-23(19)17-6-4-3-5-7-17/h3-11,14H,12-13H2,1-2H3,(H,21,24). The lowest BCUT2D eigenvalue weighted by molar-refractivity contribution is -0.116. The van der Waals surface area contributed by atoms with E-state index in [1.165, 1.54) is 5.56 Å². The molecule has 0 aliphatic carbocycles. The summed E-state index contributed by atoms with van der Waals surface area (Å²) in [7, 11) is 0. The second kappa shape index (κ2) is 7.66. The molecule has 0 aliphatic rings. The van der Waals surface area contributed by atoms with Gasteiger partial charge < -0.3 is 10.1 Å². The van der Waals surface area contributed by atoms with Crippen LogP contribution < -0.4 is 10.1 Å². The zero-order valence-electron chi connectivity index (χ0n) is 14.4. The fourth-order valence-electron chi connectivity index (χ4n) is 2.46. The zero-order chi connectivity index (χ0) is 17.6. The van der Waals surface area contributed by atoms with E-state index in [2.05, 4.69) is 10.4 Å². The van der Waals surface area contributed by atoms with Gasteiger partial charge in [0.1, 0.15) is 11.6 Å². The van der Waals surface area contributed by atoms with Crippen LogP contribution in [-0.2, 0) is 4.79 Å². The van der Waals surface area contributed by atoms with Crippen LogP contribution >= 0.6 is 0 Å². The van der Waals surface area contributed by atoms with Gasteiger partial charge in [-0.15, -0.1) is 0 Å². The van der Waals surface area contributed by atoms with Crippen LogP contribution in [0.2, 0.25) is 0 Å². The van der Waals surface area contributed by atoms with Crippen molar-refractivity contribution in [2.24, 2.45) is 0 Å². The van der Waals surface area contributed by atoms with Gasteiger partial charge in [0.05, 0.1) is 24.4 Å². The van der Waals surface area contributed by atoms with Crippen LogP contribution in [0.25, 0.3) is 5.69 Å². The molecule has 0 saturated carbocycles. The summed E-state index contributed by atoms with van der Waals surface area (Å²) >= 11 is 0. The lowest BCUT2D eigenvalue weighted by atomic mass is 10.2. The average molecular weight is 335 g/mol. The third-order valence-corrected chi connectivity index (χ3v) is 3.72. The molecule has 0 saturated heterocycles. The molecule has 3 aromatic rings. The first-order valence-corrected chi connectivity index (χ1v) is 8.23. The Kier molecular flexibility index (Phi) is 5.14. The first-order chi connectivity index (χ1) is 12.1. The Labute approximate surface area is 147 Å². The van der Waals surface area contributed by atoms with E-state index in [0.717, 1.165) is 17.1 Å². The highest BCUT2D eigenvalue weighted by Gasteiger charge is 2.11. The van der Waals surface area contributed by atoms with Gasteiger partial charge in [0.15, 0.2) is 0 Å². The summed E-state index contributed by atoms with van der Waals surface area (Å²) in [6.07, 6.45) is 0.271. The summed E-state index contributed by atoms with van der Waals surface area (Å²) in [5.74, 6) is 1.32. The number of benzene rings is 2. The normalized spacial score (nSPS) is 10.5. The lowest BCUT2D eigenvalue weighted by Crippen LogP contribution is -2.17. The molecule has 1 amide bonds. The molecule has 0 fully saturated rings. The molecule has 0 aliphatic heterocycles. The van der Waals surface area contributed by atoms with Gasteiger partial charge >= 0.3 is 0 Å². The van der Waals surface area contributed by atoms with Gasteiger partial charge in [-0.25, -0.2) is 4.68 Å². The zero-order valence-corrected chi connectivity index (χ0v) is 14.4. The van der Waals surface area contributed by atoms with Crippen molar-refractivity contribution in [3.8, 4) is 11.4 Å². The van der Waals surface area contributed by atoms with Gasteiger partial charge in [-0.1, -0.05) is 35.9 Å². The summed E-state index contributed by atoms with van der Waals surface area (Å²) in [4.78, 5) is 12.2. The number of amides is 1. The average Bonchev–Trinajstić information content (AvgIpc) is 2.97. The Balaban J connectivity index is 1.59. The van der Waals surface area contributed by atoms with Crippen LogP contribution in [0.5, 0.6) is 5.75 Å². The smallest absolute Gasteiger partial charge is 0.228 e. The number of para-hydroxylation sites is 1. The van der Waals surface area contributed by atoms with E-state index in [1.807, 2.05) is 74.5 Å². The Bertz CT molecular complexity index is 839. The summed E-state index contributed by atoms with van der Waals surface area (Å²) < 4.78 is 7.34. The summed E-state index contributed by atoms with van der Waals surface area (Å²) in [6, 6.07) is 19.3. The molecule has 2 aromatic carbocycles. The van der Waals surface area contributed by atoms with E-state index < -0.39 is 0 Å². The molecule has 0 unspecified atom stereocenters. The molecular formula is C20H21N3O2. The fraction of sp³-hybridized carbons (Fsp3) is 0.200. The number of hydrogen-bond acceptors (Lipinski definition) is 3. The molecular weight excluding hydrogens is 314 g/mol. The summed E-state index contributed by atoms with van der Waals surface area (Å²) in [5.41, 5.74) is 2.92. The SMILES string of the molecule is Cc1ccc(OCCC(=O)Nc2cc(C)nn2-c2ccccc2)cc1. The monoisotopic (exact) mass is 335 g/mol. The highest BCUT2D eigenvalue weighted by molar-refractivity contribution is 5.90. The topological polar surface area (TPSA) is 56.1 Å². The molecule has 0 bridgehead atoms. The second-order valence-corrected chi connectivity index (χ2v) is 5.88. The largest absolute Gasteiger partial charge is 0.493 e. The van der Waals surface area contributed by atoms with Crippen molar-refractivity contribution in [3.63, 3.8) is 0 Å². The van der Waals surface area contributed by atoms with Crippen molar-refractivity contribution in [2.45, 2.75) is 20.3 Å². The highest BCUT2D eigenvalue weighted by atomic mass is 16.5. The number of hydrogen-bond donors (Lipinski definition) is 1. The minimum Gasteiger partial charge on any atom is -0.493 e. The van der Waals surface area contributed by atoms with Crippen LogP contribution in [0, 0.1) is 13.8 Å². The van der Waals surface area contributed by atoms with E-state index in [9.17, 15) is 4.79 Å². The van der Waals surface area contributed by atoms with Crippen LogP contribution in [0.1, 0.15) is 17.7 Å². The molecule has 3 rings (SSSR count). The number of ether oxygens (including phenoxy) is 1. The Morgan fingerprint density at radius 3 is 2.52 bits per heavy atom. The fourth-order valence-corrected chi connectivity index (χ4v) is 2.46. The van der Waals surface area contributed by atoms with Crippen molar-refractivity contribution < 1.29 is 9.53 Å². The van der Waals surface area contributed by atoms with Crippen molar-refractivity contribution in [3.05, 3.63) is 71.9 Å². The molecule has 5 nitrogen and oxygen atoms in total. The highest BCUT2D eigenvalue weighted by Crippen LogP contribution is 2.17. The number of nitrogens with zero attached hydrogens (tertiary/aromatic N) is 2. The van der Waals surface area contributed by atoms with Crippen LogP contribution in [0.15, 0.2) is 60.7 Å². The maximum Gasteiger partial charge on any atom is 0.228 e. The number of nitrogens with one attached hydrogen (secondary N) is 1. The van der Waals surface area contributed by atoms with Crippen molar-refractivity contribution >= 4 is 11.7 Å². The number of aromatic nitrogens is 2. The van der Waals surface area contributed by atoms with Crippen LogP contribution in [-0.4, -0.2) is 22.3 Å². The number of rotatable bonds is 6. The molecule has 1 N–H and O–H groups in total. The van der Waals surface area contributed by atoms with Gasteiger partial charge in [-0.2, -0.15) is 5.10 Å². The minimum atomic E-state index is -0.107. The van der Waals surface area contributed by atoms with Crippen molar-refractivity contribution in [1.82, 2.24) is 9.78 Å². The second-order valence-electron chi connectivity index (χ2n) is 5.88. The van der Waals surface area contributed by atoms with Gasteiger partial charge in [-0.3, -0.25) is 4.79 Å². The maximum absolute atomic E-state index is 12.2. The van der Waals surface area contributed by atoms with Crippen molar-refractivity contribution in [1.29, 1.82) is 0 Å². The molecule has 0 spiro atoms. The lowest BCUT2D eigenvalue weighted by Gasteiger charge is -2.09. The molecule has 1 aromatic heterocycles. The first-order valence-electron chi connectivity index (χ1n) is 8.23. The van der Waals surface area contributed by atoms with E-state index in [4.69, 9.17) is 4.74 Å². The predicted octanol–water partition coefficient (Wildman–Crippen LogP) is 3.90. The Morgan fingerprint density at radius 1 is 1.08 bits per heavy atom. The summed E-state index contributed by atoms with van der Waals surface area (Å²) in [5, 5.41) is 7.35. The molecule has 0 atom stereocenters. The van der Waals surface area contributed by atoms with Gasteiger partial charge in [0.2, 0.25) is 5.91 Å². The van der Waals surface area contributed by atoms with E-state index in [-0.39, 0.29) is 12.3 Å². The Morgan fingerprint density at radius 2 is 1.80 bits per heavy atom. The molecule has 0 radical (unpaired) electrons. The number of aryl methyl sites for hydroxylation is 2. The number of carbonyl (C=O) groups excluding carboxylic acids is 1.